The highest BCUT2D eigenvalue weighted by atomic mass is 16.5. The lowest BCUT2D eigenvalue weighted by molar-refractivity contribution is -0.157. The van der Waals surface area contributed by atoms with Crippen LogP contribution < -0.4 is 4.74 Å². The van der Waals surface area contributed by atoms with Gasteiger partial charge in [-0.25, -0.2) is 0 Å². The molecular weight excluding hydrogens is 368 g/mol. The van der Waals surface area contributed by atoms with Crippen molar-refractivity contribution < 1.29 is 24.5 Å². The number of allylic oxidation sites excluding steroid dienone is 2. The number of benzene rings is 1. The molecule has 0 unspecified atom stereocenters. The van der Waals surface area contributed by atoms with Crippen molar-refractivity contribution in [3.8, 4) is 11.5 Å². The van der Waals surface area contributed by atoms with E-state index >= 15 is 0 Å². The molecule has 0 saturated carbocycles. The number of aliphatic hydroxyl groups is 1. The molecule has 5 nitrogen and oxygen atoms in total. The Bertz CT molecular complexity index is 1040. The second kappa shape index (κ2) is 5.92. The minimum absolute atomic E-state index is 0.111. The minimum atomic E-state index is -1.41. The van der Waals surface area contributed by atoms with Crippen molar-refractivity contribution in [3.63, 3.8) is 0 Å². The molecule has 3 aliphatic rings. The van der Waals surface area contributed by atoms with Crippen molar-refractivity contribution in [2.45, 2.75) is 58.2 Å². The molecule has 1 aliphatic heterocycles. The molecule has 0 saturated heterocycles. The summed E-state index contributed by atoms with van der Waals surface area (Å²) in [5, 5.41) is 20.7. The van der Waals surface area contributed by atoms with Gasteiger partial charge in [0.2, 0.25) is 5.78 Å². The number of carbonyl (C=O) groups is 2. The Kier molecular flexibility index (Phi) is 4.01. The van der Waals surface area contributed by atoms with Crippen LogP contribution in [0.25, 0.3) is 0 Å². The standard InChI is InChI=1S/C24H26O5/c1-13-8-17-16-11-18(25)14(2)9-19(16)29-24(12-13)21(27)15(3)10-20(26)23(17,24)7-6-22(4,5)28/h6-11,17,25,28H,12H2,1-5H3/t17-,23-,24+/m0/s1. The fraction of sp³-hybridized carbons (Fsp3) is 0.417. The molecule has 29 heavy (non-hydrogen) atoms. The monoisotopic (exact) mass is 394 g/mol. The number of ether oxygens (including phenoxy) is 1. The van der Waals surface area contributed by atoms with Gasteiger partial charge >= 0.3 is 0 Å². The van der Waals surface area contributed by atoms with Crippen LogP contribution in [-0.4, -0.2) is 33.0 Å². The first-order valence-corrected chi connectivity index (χ1v) is 9.81. The van der Waals surface area contributed by atoms with Crippen LogP contribution in [-0.2, 0) is 9.59 Å². The molecular formula is C24H26O5. The number of hydrogen-bond donors (Lipinski definition) is 2. The first kappa shape index (κ1) is 19.6. The van der Waals surface area contributed by atoms with Crippen LogP contribution >= 0.6 is 0 Å². The molecule has 4 rings (SSSR count). The maximum absolute atomic E-state index is 13.6. The van der Waals surface area contributed by atoms with Crippen molar-refractivity contribution in [2.24, 2.45) is 5.41 Å². The predicted octanol–water partition coefficient (Wildman–Crippen LogP) is 3.68. The molecule has 152 valence electrons. The van der Waals surface area contributed by atoms with Crippen LogP contribution in [0.4, 0.5) is 0 Å². The minimum Gasteiger partial charge on any atom is -0.508 e. The summed E-state index contributed by atoms with van der Waals surface area (Å²) < 4.78 is 6.43. The molecule has 0 spiro atoms. The summed E-state index contributed by atoms with van der Waals surface area (Å²) in [6.45, 7) is 8.57. The van der Waals surface area contributed by atoms with E-state index < -0.39 is 22.5 Å². The number of rotatable bonds is 2. The lowest BCUT2D eigenvalue weighted by atomic mass is 9.49. The SMILES string of the molecule is CC1=C[C@H]2c3cc(O)c(C)cc3O[C@]3(C1)C(=O)C(C)=CC(=O)[C@]23C=CC(C)(C)O. The molecule has 0 amide bonds. The van der Waals surface area contributed by atoms with Gasteiger partial charge in [-0.1, -0.05) is 23.8 Å². The summed E-state index contributed by atoms with van der Waals surface area (Å²) in [7, 11) is 0. The zero-order chi connectivity index (χ0) is 21.4. The maximum Gasteiger partial charge on any atom is 0.203 e. The summed E-state index contributed by atoms with van der Waals surface area (Å²) >= 11 is 0. The maximum atomic E-state index is 13.6. The second-order valence-corrected chi connectivity index (χ2v) is 9.15. The van der Waals surface area contributed by atoms with Crippen LogP contribution in [0, 0.1) is 12.3 Å². The van der Waals surface area contributed by atoms with E-state index in [4.69, 9.17) is 4.74 Å². The van der Waals surface area contributed by atoms with Gasteiger partial charge in [0.1, 0.15) is 16.9 Å². The van der Waals surface area contributed by atoms with Crippen LogP contribution in [0.15, 0.2) is 47.6 Å². The van der Waals surface area contributed by atoms with E-state index in [2.05, 4.69) is 0 Å². The average molecular weight is 394 g/mol. The largest absolute Gasteiger partial charge is 0.508 e. The van der Waals surface area contributed by atoms with E-state index in [-0.39, 0.29) is 23.7 Å². The molecule has 2 aliphatic carbocycles. The zero-order valence-electron chi connectivity index (χ0n) is 17.4. The lowest BCUT2D eigenvalue weighted by Gasteiger charge is -2.57. The van der Waals surface area contributed by atoms with Crippen LogP contribution in [0.5, 0.6) is 11.5 Å². The molecule has 2 bridgehead atoms. The summed E-state index contributed by atoms with van der Waals surface area (Å²) in [4.78, 5) is 27.1. The lowest BCUT2D eigenvalue weighted by Crippen LogP contribution is -2.68. The smallest absolute Gasteiger partial charge is 0.203 e. The topological polar surface area (TPSA) is 83.8 Å². The molecule has 2 N–H and O–H groups in total. The normalized spacial score (nSPS) is 31.0. The average Bonchev–Trinajstić information content (AvgIpc) is 2.60. The van der Waals surface area contributed by atoms with Gasteiger partial charge in [0.25, 0.3) is 0 Å². The Labute approximate surface area is 170 Å². The number of phenolic OH excluding ortho intramolecular Hbond substituents is 1. The van der Waals surface area contributed by atoms with Crippen molar-refractivity contribution in [1.82, 2.24) is 0 Å². The number of aromatic hydroxyl groups is 1. The summed E-state index contributed by atoms with van der Waals surface area (Å²) in [6.07, 6.45) is 6.88. The van der Waals surface area contributed by atoms with Gasteiger partial charge < -0.3 is 14.9 Å². The van der Waals surface area contributed by atoms with Crippen molar-refractivity contribution in [3.05, 3.63) is 58.7 Å². The molecule has 0 fully saturated rings. The molecule has 5 heteroatoms. The van der Waals surface area contributed by atoms with Crippen LogP contribution in [0.1, 0.15) is 51.2 Å². The van der Waals surface area contributed by atoms with Gasteiger partial charge in [-0.3, -0.25) is 9.59 Å². The summed E-state index contributed by atoms with van der Waals surface area (Å²) in [6, 6.07) is 3.35. The van der Waals surface area contributed by atoms with Gasteiger partial charge in [0.15, 0.2) is 11.4 Å². The number of carbonyl (C=O) groups excluding carboxylic acids is 2. The van der Waals surface area contributed by atoms with Crippen LogP contribution in [0.2, 0.25) is 0 Å². The highest BCUT2D eigenvalue weighted by Crippen LogP contribution is 2.63. The number of Topliss-reactive ketones (excluding diaryl/α,β-unsaturated/α-hetero) is 1. The van der Waals surface area contributed by atoms with Gasteiger partial charge in [-0.2, -0.15) is 0 Å². The highest BCUT2D eigenvalue weighted by Gasteiger charge is 2.70. The van der Waals surface area contributed by atoms with E-state index in [1.165, 1.54) is 6.08 Å². The fourth-order valence-electron chi connectivity index (χ4n) is 4.95. The third-order valence-electron chi connectivity index (χ3n) is 6.32. The Morgan fingerprint density at radius 2 is 1.90 bits per heavy atom. The van der Waals surface area contributed by atoms with Crippen molar-refractivity contribution in [2.75, 3.05) is 0 Å². The van der Waals surface area contributed by atoms with Crippen molar-refractivity contribution >= 4 is 11.6 Å². The Balaban J connectivity index is 2.11. The summed E-state index contributed by atoms with van der Waals surface area (Å²) in [5.41, 5.74) is -1.28. The third kappa shape index (κ3) is 2.57. The van der Waals surface area contributed by atoms with E-state index in [1.807, 2.05) is 13.0 Å². The molecule has 1 aromatic rings. The molecule has 3 atom stereocenters. The number of hydrogen-bond acceptors (Lipinski definition) is 5. The first-order valence-electron chi connectivity index (χ1n) is 9.81. The van der Waals surface area contributed by atoms with Gasteiger partial charge in [-0.15, -0.1) is 0 Å². The van der Waals surface area contributed by atoms with E-state index in [0.29, 0.717) is 22.4 Å². The molecule has 0 aromatic heterocycles. The number of aryl methyl sites for hydroxylation is 1. The van der Waals surface area contributed by atoms with Gasteiger partial charge in [-0.05, 0) is 64.0 Å². The Morgan fingerprint density at radius 1 is 1.21 bits per heavy atom. The van der Waals surface area contributed by atoms with E-state index in [9.17, 15) is 19.8 Å². The second-order valence-electron chi connectivity index (χ2n) is 9.15. The zero-order valence-corrected chi connectivity index (χ0v) is 17.4. The van der Waals surface area contributed by atoms with Crippen molar-refractivity contribution in [1.29, 1.82) is 0 Å². The Hall–Kier alpha value is -2.66. The van der Waals surface area contributed by atoms with Gasteiger partial charge in [0.05, 0.1) is 5.60 Å². The molecule has 1 heterocycles. The number of phenols is 1. The number of fused-ring (bicyclic) bond motifs is 2. The fourth-order valence-corrected chi connectivity index (χ4v) is 4.95. The quantitative estimate of drug-likeness (QED) is 0.748. The predicted molar refractivity (Wildman–Crippen MR) is 109 cm³/mol. The number of ketones is 2. The van der Waals surface area contributed by atoms with Gasteiger partial charge in [0, 0.05) is 17.9 Å². The van der Waals surface area contributed by atoms with E-state index in [1.54, 1.807) is 52.0 Å². The van der Waals surface area contributed by atoms with E-state index in [0.717, 1.165) is 5.57 Å². The molecule has 1 aromatic carbocycles. The molecule has 0 radical (unpaired) electrons. The summed E-state index contributed by atoms with van der Waals surface area (Å²) in [5.74, 6) is -0.316. The van der Waals surface area contributed by atoms with Crippen LogP contribution in [0.3, 0.4) is 0 Å². The Morgan fingerprint density at radius 3 is 2.55 bits per heavy atom. The first-order chi connectivity index (χ1) is 13.4. The third-order valence-corrected chi connectivity index (χ3v) is 6.32. The highest BCUT2D eigenvalue weighted by molar-refractivity contribution is 6.18.